The van der Waals surface area contributed by atoms with Gasteiger partial charge in [-0.3, -0.25) is 4.98 Å². The molecule has 1 heterocycles. The van der Waals surface area contributed by atoms with Crippen molar-refractivity contribution < 1.29 is 9.90 Å². The fourth-order valence-corrected chi connectivity index (χ4v) is 1.22. The number of pyridine rings is 1. The van der Waals surface area contributed by atoms with Crippen LogP contribution in [0, 0.1) is 0 Å². The lowest BCUT2D eigenvalue weighted by molar-refractivity contribution is 0.0695. The van der Waals surface area contributed by atoms with Crippen molar-refractivity contribution in [2.24, 2.45) is 0 Å². The van der Waals surface area contributed by atoms with Crippen molar-refractivity contribution in [3.63, 3.8) is 0 Å². The molecule has 0 spiro atoms. The first-order valence-electron chi connectivity index (χ1n) is 2.98. The summed E-state index contributed by atoms with van der Waals surface area (Å²) >= 11 is 3.19. The molecule has 0 aliphatic heterocycles. The Bertz CT molecular complexity index is 275. The highest BCUT2D eigenvalue weighted by molar-refractivity contribution is 9.08. The topological polar surface area (TPSA) is 50.2 Å². The third-order valence-electron chi connectivity index (χ3n) is 1.29. The fraction of sp³-hybridized carbons (Fsp3) is 0.143. The molecule has 1 rings (SSSR count). The number of carboxylic acid groups (broad SMARTS) is 1. The van der Waals surface area contributed by atoms with Crippen LogP contribution in [-0.2, 0) is 5.33 Å². The fourth-order valence-electron chi connectivity index (χ4n) is 0.732. The van der Waals surface area contributed by atoms with E-state index < -0.39 is 5.97 Å². The normalized spacial score (nSPS) is 9.55. The average molecular weight is 216 g/mol. The van der Waals surface area contributed by atoms with Crippen LogP contribution in [0.4, 0.5) is 0 Å². The third kappa shape index (κ3) is 1.77. The number of alkyl halides is 1. The predicted molar refractivity (Wildman–Crippen MR) is 43.8 cm³/mol. The number of hydrogen-bond donors (Lipinski definition) is 1. The maximum absolute atomic E-state index is 10.5. The SMILES string of the molecule is O=C(O)c1cnccc1CBr. The first kappa shape index (κ1) is 8.20. The molecule has 0 aliphatic carbocycles. The van der Waals surface area contributed by atoms with Gasteiger partial charge in [-0.15, -0.1) is 0 Å². The molecule has 3 nitrogen and oxygen atoms in total. The van der Waals surface area contributed by atoms with Gasteiger partial charge in [0.05, 0.1) is 5.56 Å². The van der Waals surface area contributed by atoms with Crippen molar-refractivity contribution in [1.29, 1.82) is 0 Å². The molecule has 0 unspecified atom stereocenters. The van der Waals surface area contributed by atoms with Crippen molar-refractivity contribution in [2.45, 2.75) is 5.33 Å². The van der Waals surface area contributed by atoms with Gasteiger partial charge in [-0.25, -0.2) is 4.79 Å². The van der Waals surface area contributed by atoms with Gasteiger partial charge in [-0.2, -0.15) is 0 Å². The highest BCUT2D eigenvalue weighted by Gasteiger charge is 2.07. The van der Waals surface area contributed by atoms with Gasteiger partial charge < -0.3 is 5.11 Å². The maximum atomic E-state index is 10.5. The second kappa shape index (κ2) is 3.48. The van der Waals surface area contributed by atoms with Gasteiger partial charge in [0.1, 0.15) is 0 Å². The van der Waals surface area contributed by atoms with Gasteiger partial charge >= 0.3 is 5.97 Å². The standard InChI is InChI=1S/C7H6BrNO2/c8-3-5-1-2-9-4-6(5)7(10)11/h1-2,4H,3H2,(H,10,11). The molecule has 1 aromatic rings. The van der Waals surface area contributed by atoms with E-state index in [0.717, 1.165) is 5.56 Å². The Morgan fingerprint density at radius 1 is 1.73 bits per heavy atom. The highest BCUT2D eigenvalue weighted by Crippen LogP contribution is 2.10. The van der Waals surface area contributed by atoms with Gasteiger partial charge in [0.25, 0.3) is 0 Å². The molecule has 58 valence electrons. The highest BCUT2D eigenvalue weighted by atomic mass is 79.9. The second-order valence-corrected chi connectivity index (χ2v) is 2.53. The number of rotatable bonds is 2. The first-order chi connectivity index (χ1) is 5.25. The predicted octanol–water partition coefficient (Wildman–Crippen LogP) is 1.67. The van der Waals surface area contributed by atoms with E-state index in [0.29, 0.717) is 5.33 Å². The first-order valence-corrected chi connectivity index (χ1v) is 4.10. The number of aromatic nitrogens is 1. The molecule has 0 aliphatic rings. The number of carbonyl (C=O) groups is 1. The zero-order chi connectivity index (χ0) is 8.27. The maximum Gasteiger partial charge on any atom is 0.337 e. The lowest BCUT2D eigenvalue weighted by Crippen LogP contribution is -2.01. The lowest BCUT2D eigenvalue weighted by Gasteiger charge is -1.98. The van der Waals surface area contributed by atoms with Crippen LogP contribution >= 0.6 is 15.9 Å². The summed E-state index contributed by atoms with van der Waals surface area (Å²) in [6.07, 6.45) is 2.92. The van der Waals surface area contributed by atoms with E-state index in [4.69, 9.17) is 5.11 Å². The monoisotopic (exact) mass is 215 g/mol. The average Bonchev–Trinajstić information content (AvgIpc) is 2.04. The van der Waals surface area contributed by atoms with Crippen molar-refractivity contribution in [3.05, 3.63) is 29.6 Å². The minimum Gasteiger partial charge on any atom is -0.478 e. The van der Waals surface area contributed by atoms with E-state index in [1.54, 1.807) is 12.3 Å². The summed E-state index contributed by atoms with van der Waals surface area (Å²) in [6, 6.07) is 1.68. The number of aromatic carboxylic acids is 1. The number of nitrogens with zero attached hydrogens (tertiary/aromatic N) is 1. The van der Waals surface area contributed by atoms with E-state index in [-0.39, 0.29) is 5.56 Å². The van der Waals surface area contributed by atoms with E-state index in [1.165, 1.54) is 6.20 Å². The van der Waals surface area contributed by atoms with E-state index in [1.807, 2.05) is 0 Å². The molecule has 1 N–H and O–H groups in total. The molecule has 0 aromatic carbocycles. The minimum atomic E-state index is -0.937. The Balaban J connectivity index is 3.12. The van der Waals surface area contributed by atoms with Crippen LogP contribution in [0.1, 0.15) is 15.9 Å². The molecule has 0 atom stereocenters. The van der Waals surface area contributed by atoms with Crippen molar-refractivity contribution in [3.8, 4) is 0 Å². The Labute approximate surface area is 72.2 Å². The Kier molecular flexibility index (Phi) is 2.59. The van der Waals surface area contributed by atoms with Gasteiger partial charge in [-0.1, -0.05) is 15.9 Å². The summed E-state index contributed by atoms with van der Waals surface area (Å²) in [5.41, 5.74) is 0.997. The molecular weight excluding hydrogens is 210 g/mol. The quantitative estimate of drug-likeness (QED) is 0.765. The largest absolute Gasteiger partial charge is 0.478 e. The smallest absolute Gasteiger partial charge is 0.337 e. The van der Waals surface area contributed by atoms with Crippen LogP contribution in [0.3, 0.4) is 0 Å². The zero-order valence-corrected chi connectivity index (χ0v) is 7.21. The van der Waals surface area contributed by atoms with Crippen LogP contribution < -0.4 is 0 Å². The van der Waals surface area contributed by atoms with Crippen LogP contribution in [-0.4, -0.2) is 16.1 Å². The molecule has 0 saturated heterocycles. The Morgan fingerprint density at radius 3 is 2.91 bits per heavy atom. The van der Waals surface area contributed by atoms with E-state index in [2.05, 4.69) is 20.9 Å². The van der Waals surface area contributed by atoms with Crippen LogP contribution in [0.2, 0.25) is 0 Å². The molecule has 0 bridgehead atoms. The molecule has 1 aromatic heterocycles. The number of hydrogen-bond acceptors (Lipinski definition) is 2. The van der Waals surface area contributed by atoms with Crippen LogP contribution in [0.5, 0.6) is 0 Å². The van der Waals surface area contributed by atoms with Crippen molar-refractivity contribution in [1.82, 2.24) is 4.98 Å². The summed E-state index contributed by atoms with van der Waals surface area (Å²) in [5.74, 6) is -0.937. The number of carboxylic acids is 1. The van der Waals surface area contributed by atoms with Gasteiger partial charge in [0.15, 0.2) is 0 Å². The summed E-state index contributed by atoms with van der Waals surface area (Å²) < 4.78 is 0. The summed E-state index contributed by atoms with van der Waals surface area (Å²) in [5, 5.41) is 9.17. The van der Waals surface area contributed by atoms with Gasteiger partial charge in [0, 0.05) is 17.7 Å². The van der Waals surface area contributed by atoms with Crippen LogP contribution in [0.25, 0.3) is 0 Å². The molecular formula is C7H6BrNO2. The summed E-state index contributed by atoms with van der Waals surface area (Å²) in [4.78, 5) is 14.2. The molecule has 11 heavy (non-hydrogen) atoms. The Hall–Kier alpha value is -0.900. The molecule has 0 amide bonds. The zero-order valence-electron chi connectivity index (χ0n) is 5.62. The summed E-state index contributed by atoms with van der Waals surface area (Å²) in [7, 11) is 0. The second-order valence-electron chi connectivity index (χ2n) is 1.97. The summed E-state index contributed by atoms with van der Waals surface area (Å²) in [6.45, 7) is 0. The van der Waals surface area contributed by atoms with E-state index >= 15 is 0 Å². The van der Waals surface area contributed by atoms with Gasteiger partial charge in [-0.05, 0) is 11.6 Å². The van der Waals surface area contributed by atoms with Crippen molar-refractivity contribution in [2.75, 3.05) is 0 Å². The minimum absolute atomic E-state index is 0.254. The molecule has 4 heteroatoms. The molecule has 0 saturated carbocycles. The van der Waals surface area contributed by atoms with Gasteiger partial charge in [0.2, 0.25) is 0 Å². The molecule has 0 radical (unpaired) electrons. The van der Waals surface area contributed by atoms with Crippen molar-refractivity contribution >= 4 is 21.9 Å². The van der Waals surface area contributed by atoms with E-state index in [9.17, 15) is 4.79 Å². The lowest BCUT2D eigenvalue weighted by atomic mass is 10.2. The number of halogens is 1. The van der Waals surface area contributed by atoms with Crippen LogP contribution in [0.15, 0.2) is 18.5 Å². The third-order valence-corrected chi connectivity index (χ3v) is 1.89. The Morgan fingerprint density at radius 2 is 2.45 bits per heavy atom. The molecule has 0 fully saturated rings.